The second-order valence-electron chi connectivity index (χ2n) is 6.35. The molecule has 0 spiro atoms. The summed E-state index contributed by atoms with van der Waals surface area (Å²) in [6.07, 6.45) is 5.76. The van der Waals surface area contributed by atoms with Crippen molar-refractivity contribution in [3.05, 3.63) is 28.5 Å². The van der Waals surface area contributed by atoms with Crippen LogP contribution < -0.4 is 0 Å². The van der Waals surface area contributed by atoms with Crippen molar-refractivity contribution in [3.8, 4) is 0 Å². The van der Waals surface area contributed by atoms with Gasteiger partial charge in [0.2, 0.25) is 0 Å². The first-order valence-corrected chi connectivity index (χ1v) is 7.83. The summed E-state index contributed by atoms with van der Waals surface area (Å²) in [5, 5.41) is 0. The van der Waals surface area contributed by atoms with E-state index < -0.39 is 0 Å². The maximum atomic E-state index is 5.55. The maximum Gasteiger partial charge on any atom is 0.178 e. The molecular formula is C16H20N2S. The van der Waals surface area contributed by atoms with Crippen molar-refractivity contribution in [3.63, 3.8) is 0 Å². The molecular weight excluding hydrogens is 252 g/mol. The summed E-state index contributed by atoms with van der Waals surface area (Å²) in [7, 11) is 0. The number of benzene rings is 1. The van der Waals surface area contributed by atoms with E-state index in [0.717, 1.165) is 29.1 Å². The van der Waals surface area contributed by atoms with Gasteiger partial charge in [-0.15, -0.1) is 0 Å². The predicted octanol–water partition coefficient (Wildman–Crippen LogP) is 4.44. The van der Waals surface area contributed by atoms with Crippen molar-refractivity contribution in [1.82, 2.24) is 9.55 Å². The smallest absolute Gasteiger partial charge is 0.178 e. The van der Waals surface area contributed by atoms with Crippen LogP contribution in [-0.4, -0.2) is 9.55 Å². The van der Waals surface area contributed by atoms with Crippen LogP contribution in [0.1, 0.15) is 31.2 Å². The van der Waals surface area contributed by atoms with Crippen molar-refractivity contribution in [2.24, 2.45) is 17.8 Å². The third kappa shape index (κ3) is 2.04. The fourth-order valence-electron chi connectivity index (χ4n) is 3.45. The van der Waals surface area contributed by atoms with Crippen molar-refractivity contribution in [2.45, 2.75) is 39.2 Å². The fraction of sp³-hybridized carbons (Fsp3) is 0.562. The zero-order valence-corrected chi connectivity index (χ0v) is 12.2. The number of hydrogen-bond acceptors (Lipinski definition) is 1. The molecule has 4 rings (SSSR count). The molecule has 2 aliphatic rings. The summed E-state index contributed by atoms with van der Waals surface area (Å²) in [6.45, 7) is 3.27. The third-order valence-corrected chi connectivity index (χ3v) is 5.19. The molecule has 3 heteroatoms. The standard InChI is InChI=1S/C16H20N2S/c1-10-3-2-4-14-15(10)17-16(19)18(14)9-13(11-5-6-11)12-7-8-12/h2-4,11-13H,5-9H2,1H3,(H,17,19). The molecule has 2 saturated carbocycles. The highest BCUT2D eigenvalue weighted by molar-refractivity contribution is 7.71. The highest BCUT2D eigenvalue weighted by atomic mass is 32.1. The molecule has 2 aliphatic carbocycles. The molecule has 0 unspecified atom stereocenters. The van der Waals surface area contributed by atoms with Gasteiger partial charge in [0.1, 0.15) is 0 Å². The van der Waals surface area contributed by atoms with Crippen LogP contribution in [0.25, 0.3) is 11.0 Å². The second-order valence-corrected chi connectivity index (χ2v) is 6.74. The summed E-state index contributed by atoms with van der Waals surface area (Å²) >= 11 is 5.55. The first kappa shape index (κ1) is 11.7. The summed E-state index contributed by atoms with van der Waals surface area (Å²) in [5.74, 6) is 2.82. The van der Waals surface area contributed by atoms with E-state index in [0.29, 0.717) is 0 Å². The first-order chi connectivity index (χ1) is 9.24. The quantitative estimate of drug-likeness (QED) is 0.816. The van der Waals surface area contributed by atoms with E-state index in [4.69, 9.17) is 12.2 Å². The van der Waals surface area contributed by atoms with Crippen LogP contribution in [0.4, 0.5) is 0 Å². The minimum atomic E-state index is 0.867. The van der Waals surface area contributed by atoms with Crippen LogP contribution in [0, 0.1) is 29.4 Å². The first-order valence-electron chi connectivity index (χ1n) is 7.42. The Hall–Kier alpha value is -1.09. The van der Waals surface area contributed by atoms with Gasteiger partial charge < -0.3 is 9.55 Å². The van der Waals surface area contributed by atoms with Crippen molar-refractivity contribution in [1.29, 1.82) is 0 Å². The minimum absolute atomic E-state index is 0.867. The summed E-state index contributed by atoms with van der Waals surface area (Å²) in [6, 6.07) is 6.49. The molecule has 100 valence electrons. The molecule has 1 aromatic heterocycles. The van der Waals surface area contributed by atoms with Gasteiger partial charge in [-0.3, -0.25) is 0 Å². The van der Waals surface area contributed by atoms with Crippen LogP contribution in [0.2, 0.25) is 0 Å². The highest BCUT2D eigenvalue weighted by Crippen LogP contribution is 2.50. The average molecular weight is 272 g/mol. The van der Waals surface area contributed by atoms with Gasteiger partial charge in [0, 0.05) is 6.54 Å². The van der Waals surface area contributed by atoms with Gasteiger partial charge >= 0.3 is 0 Å². The van der Waals surface area contributed by atoms with E-state index in [1.807, 2.05) is 0 Å². The molecule has 1 aromatic carbocycles. The second kappa shape index (κ2) is 4.20. The Morgan fingerprint density at radius 2 is 1.95 bits per heavy atom. The van der Waals surface area contributed by atoms with Gasteiger partial charge in [0.05, 0.1) is 11.0 Å². The summed E-state index contributed by atoms with van der Waals surface area (Å²) in [4.78, 5) is 3.40. The zero-order chi connectivity index (χ0) is 13.0. The molecule has 19 heavy (non-hydrogen) atoms. The topological polar surface area (TPSA) is 20.7 Å². The van der Waals surface area contributed by atoms with Gasteiger partial charge in [-0.1, -0.05) is 12.1 Å². The number of fused-ring (bicyclic) bond motifs is 1. The number of aromatic amines is 1. The number of para-hydroxylation sites is 1. The van der Waals surface area contributed by atoms with Crippen molar-refractivity contribution < 1.29 is 0 Å². The molecule has 0 radical (unpaired) electrons. The Labute approximate surface area is 118 Å². The summed E-state index contributed by atoms with van der Waals surface area (Å²) < 4.78 is 3.24. The number of imidazole rings is 1. The average Bonchev–Trinajstić information content (AvgIpc) is 3.26. The van der Waals surface area contributed by atoms with Gasteiger partial charge in [-0.05, 0) is 74.2 Å². The van der Waals surface area contributed by atoms with Crippen LogP contribution in [-0.2, 0) is 6.54 Å². The number of H-pyrrole nitrogens is 1. The normalized spacial score (nSPS) is 19.5. The molecule has 1 heterocycles. The molecule has 0 aliphatic heterocycles. The lowest BCUT2D eigenvalue weighted by Crippen LogP contribution is -2.15. The lowest BCUT2D eigenvalue weighted by atomic mass is 9.98. The molecule has 2 nitrogen and oxygen atoms in total. The number of aryl methyl sites for hydroxylation is 1. The van der Waals surface area contributed by atoms with Crippen molar-refractivity contribution >= 4 is 23.3 Å². The molecule has 1 N–H and O–H groups in total. The highest BCUT2D eigenvalue weighted by Gasteiger charge is 2.41. The molecule has 0 bridgehead atoms. The molecule has 0 saturated heterocycles. The monoisotopic (exact) mass is 272 g/mol. The van der Waals surface area contributed by atoms with Crippen LogP contribution in [0.3, 0.4) is 0 Å². The largest absolute Gasteiger partial charge is 0.330 e. The van der Waals surface area contributed by atoms with E-state index in [1.165, 1.54) is 42.3 Å². The Kier molecular flexibility index (Phi) is 2.59. The Balaban J connectivity index is 1.75. The van der Waals surface area contributed by atoms with Gasteiger partial charge in [-0.25, -0.2) is 0 Å². The Bertz CT molecular complexity index is 662. The Morgan fingerprint density at radius 1 is 1.26 bits per heavy atom. The minimum Gasteiger partial charge on any atom is -0.330 e. The maximum absolute atomic E-state index is 5.55. The van der Waals surface area contributed by atoms with Gasteiger partial charge in [0.25, 0.3) is 0 Å². The van der Waals surface area contributed by atoms with E-state index in [-0.39, 0.29) is 0 Å². The fourth-order valence-corrected chi connectivity index (χ4v) is 3.72. The SMILES string of the molecule is Cc1cccc2c1[nH]c(=S)n2CC(C1CC1)C1CC1. The van der Waals surface area contributed by atoms with Crippen LogP contribution in [0.15, 0.2) is 18.2 Å². The number of hydrogen-bond donors (Lipinski definition) is 1. The van der Waals surface area contributed by atoms with E-state index in [1.54, 1.807) is 0 Å². The lowest BCUT2D eigenvalue weighted by Gasteiger charge is -2.16. The van der Waals surface area contributed by atoms with Gasteiger partial charge in [0.15, 0.2) is 4.77 Å². The lowest BCUT2D eigenvalue weighted by molar-refractivity contribution is 0.351. The number of aromatic nitrogens is 2. The van der Waals surface area contributed by atoms with E-state index >= 15 is 0 Å². The molecule has 2 aromatic rings. The molecule has 0 atom stereocenters. The number of nitrogens with one attached hydrogen (secondary N) is 1. The number of nitrogens with zero attached hydrogens (tertiary/aromatic N) is 1. The van der Waals surface area contributed by atoms with Crippen LogP contribution in [0.5, 0.6) is 0 Å². The number of rotatable bonds is 4. The van der Waals surface area contributed by atoms with Crippen molar-refractivity contribution in [2.75, 3.05) is 0 Å². The third-order valence-electron chi connectivity index (χ3n) is 4.87. The molecule has 2 fully saturated rings. The Morgan fingerprint density at radius 3 is 2.58 bits per heavy atom. The molecule has 0 amide bonds. The van der Waals surface area contributed by atoms with Crippen LogP contribution >= 0.6 is 12.2 Å². The van der Waals surface area contributed by atoms with Gasteiger partial charge in [-0.2, -0.15) is 0 Å². The summed E-state index contributed by atoms with van der Waals surface area (Å²) in [5.41, 5.74) is 3.80. The van der Waals surface area contributed by atoms with E-state index in [2.05, 4.69) is 34.7 Å². The zero-order valence-electron chi connectivity index (χ0n) is 11.4. The predicted molar refractivity (Wildman–Crippen MR) is 80.8 cm³/mol. The van der Waals surface area contributed by atoms with E-state index in [9.17, 15) is 0 Å².